The van der Waals surface area contributed by atoms with Gasteiger partial charge in [-0.05, 0) is 58.8 Å². The molecule has 3 atom stereocenters. The van der Waals surface area contributed by atoms with Gasteiger partial charge < -0.3 is 10.2 Å². The Morgan fingerprint density at radius 1 is 1.35 bits per heavy atom. The van der Waals surface area contributed by atoms with Gasteiger partial charge >= 0.3 is 0 Å². The van der Waals surface area contributed by atoms with Crippen LogP contribution in [0.25, 0.3) is 0 Å². The summed E-state index contributed by atoms with van der Waals surface area (Å²) in [5.74, 6) is 0.189. The van der Waals surface area contributed by atoms with Gasteiger partial charge in [0, 0.05) is 5.41 Å². The first-order chi connectivity index (χ1) is 7.75. The fraction of sp³-hybridized carbons (Fsp3) is 0.867. The van der Waals surface area contributed by atoms with Crippen molar-refractivity contribution in [3.05, 3.63) is 11.1 Å². The predicted octanol–water partition coefficient (Wildman–Crippen LogP) is 3.03. The lowest BCUT2D eigenvalue weighted by Gasteiger charge is -2.49. The van der Waals surface area contributed by atoms with Gasteiger partial charge in [-0.2, -0.15) is 0 Å². The molecule has 2 aliphatic carbocycles. The maximum Gasteiger partial charge on any atom is 0.0634 e. The molecular weight excluding hydrogens is 212 g/mol. The molecule has 0 heterocycles. The topological polar surface area (TPSA) is 40.5 Å². The number of rotatable bonds is 1. The fourth-order valence-electron chi connectivity index (χ4n) is 3.68. The second-order valence-electron chi connectivity index (χ2n) is 6.84. The normalized spacial score (nSPS) is 39.2. The number of aliphatic hydroxyl groups is 2. The molecule has 0 bridgehead atoms. The molecule has 0 unspecified atom stereocenters. The smallest absolute Gasteiger partial charge is 0.0634 e. The standard InChI is InChI=1S/C15H26O2/c1-10-6-5-7-15(4)12(10)8-11(9-13(15)16)14(2,3)17/h11,13,16-17H,5-9H2,1-4H3/t11-,13-,15-/m1/s1. The molecule has 98 valence electrons. The zero-order valence-electron chi connectivity index (χ0n) is 11.6. The Morgan fingerprint density at radius 3 is 2.59 bits per heavy atom. The third-order valence-corrected chi connectivity index (χ3v) is 5.15. The Kier molecular flexibility index (Phi) is 3.16. The van der Waals surface area contributed by atoms with E-state index >= 15 is 0 Å². The van der Waals surface area contributed by atoms with Crippen LogP contribution in [-0.2, 0) is 0 Å². The summed E-state index contributed by atoms with van der Waals surface area (Å²) in [5, 5.41) is 20.7. The minimum Gasteiger partial charge on any atom is -0.392 e. The predicted molar refractivity (Wildman–Crippen MR) is 69.7 cm³/mol. The van der Waals surface area contributed by atoms with E-state index in [2.05, 4.69) is 13.8 Å². The molecule has 2 N–H and O–H groups in total. The molecule has 0 amide bonds. The Bertz CT molecular complexity index is 337. The van der Waals surface area contributed by atoms with E-state index < -0.39 is 5.60 Å². The second-order valence-corrected chi connectivity index (χ2v) is 6.84. The summed E-state index contributed by atoms with van der Waals surface area (Å²) in [6.45, 7) is 8.14. The van der Waals surface area contributed by atoms with E-state index in [1.165, 1.54) is 17.6 Å². The molecule has 0 saturated heterocycles. The van der Waals surface area contributed by atoms with Gasteiger partial charge in [0.2, 0.25) is 0 Å². The first-order valence-corrected chi connectivity index (χ1v) is 6.84. The lowest BCUT2D eigenvalue weighted by atomic mass is 9.58. The molecule has 0 aromatic rings. The van der Waals surface area contributed by atoms with E-state index in [4.69, 9.17) is 0 Å². The third-order valence-electron chi connectivity index (χ3n) is 5.15. The maximum absolute atomic E-state index is 10.5. The van der Waals surface area contributed by atoms with E-state index in [1.54, 1.807) is 0 Å². The van der Waals surface area contributed by atoms with Crippen LogP contribution >= 0.6 is 0 Å². The molecule has 1 fully saturated rings. The Hall–Kier alpha value is -0.340. The van der Waals surface area contributed by atoms with E-state index in [1.807, 2.05) is 13.8 Å². The molecule has 0 aromatic heterocycles. The molecule has 0 aliphatic heterocycles. The van der Waals surface area contributed by atoms with Gasteiger partial charge in [-0.15, -0.1) is 0 Å². The number of aliphatic hydroxyl groups excluding tert-OH is 1. The van der Waals surface area contributed by atoms with Crippen molar-refractivity contribution >= 4 is 0 Å². The number of allylic oxidation sites excluding steroid dienone is 1. The molecule has 0 radical (unpaired) electrons. The Balaban J connectivity index is 2.34. The summed E-state index contributed by atoms with van der Waals surface area (Å²) >= 11 is 0. The van der Waals surface area contributed by atoms with Gasteiger partial charge in [0.15, 0.2) is 0 Å². The van der Waals surface area contributed by atoms with Gasteiger partial charge in [-0.25, -0.2) is 0 Å². The average Bonchev–Trinajstić information content (AvgIpc) is 2.19. The fourth-order valence-corrected chi connectivity index (χ4v) is 3.68. The average molecular weight is 238 g/mol. The first-order valence-electron chi connectivity index (χ1n) is 6.84. The SMILES string of the molecule is CC1=C2C[C@@H](C(C)(C)O)C[C@@H](O)[C@]2(C)CCC1. The zero-order chi connectivity index (χ0) is 12.8. The maximum atomic E-state index is 10.5. The molecule has 2 rings (SSSR count). The minimum absolute atomic E-state index is 0.0237. The van der Waals surface area contributed by atoms with E-state index in [0.717, 1.165) is 25.7 Å². The summed E-state index contributed by atoms with van der Waals surface area (Å²) in [5.41, 5.74) is 2.17. The zero-order valence-corrected chi connectivity index (χ0v) is 11.6. The van der Waals surface area contributed by atoms with Crippen molar-refractivity contribution in [2.45, 2.75) is 71.5 Å². The molecule has 2 aliphatic rings. The first kappa shape index (κ1) is 13.1. The van der Waals surface area contributed by atoms with Crippen LogP contribution in [0.1, 0.15) is 59.8 Å². The van der Waals surface area contributed by atoms with Crippen LogP contribution in [0.15, 0.2) is 11.1 Å². The van der Waals surface area contributed by atoms with Crippen molar-refractivity contribution in [3.8, 4) is 0 Å². The largest absolute Gasteiger partial charge is 0.392 e. The highest BCUT2D eigenvalue weighted by Crippen LogP contribution is 2.52. The quantitative estimate of drug-likeness (QED) is 0.689. The van der Waals surface area contributed by atoms with Crippen LogP contribution in [-0.4, -0.2) is 21.9 Å². The number of hydrogen-bond donors (Lipinski definition) is 2. The minimum atomic E-state index is -0.687. The molecule has 17 heavy (non-hydrogen) atoms. The van der Waals surface area contributed by atoms with E-state index in [9.17, 15) is 10.2 Å². The summed E-state index contributed by atoms with van der Waals surface area (Å²) in [7, 11) is 0. The highest BCUT2D eigenvalue weighted by molar-refractivity contribution is 5.28. The lowest BCUT2D eigenvalue weighted by molar-refractivity contribution is -0.0581. The van der Waals surface area contributed by atoms with Crippen molar-refractivity contribution in [1.82, 2.24) is 0 Å². The van der Waals surface area contributed by atoms with Crippen LogP contribution in [0.4, 0.5) is 0 Å². The van der Waals surface area contributed by atoms with Gasteiger partial charge in [-0.3, -0.25) is 0 Å². The molecule has 2 nitrogen and oxygen atoms in total. The van der Waals surface area contributed by atoms with Crippen LogP contribution in [0, 0.1) is 11.3 Å². The summed E-state index contributed by atoms with van der Waals surface area (Å²) in [6.07, 6.45) is 4.85. The monoisotopic (exact) mass is 238 g/mol. The highest BCUT2D eigenvalue weighted by Gasteiger charge is 2.47. The number of hydrogen-bond acceptors (Lipinski definition) is 2. The third kappa shape index (κ3) is 2.17. The molecule has 1 saturated carbocycles. The lowest BCUT2D eigenvalue weighted by Crippen LogP contribution is -2.47. The van der Waals surface area contributed by atoms with Crippen molar-refractivity contribution in [2.24, 2.45) is 11.3 Å². The molecule has 2 heteroatoms. The second kappa shape index (κ2) is 4.10. The molecule has 0 aromatic carbocycles. The van der Waals surface area contributed by atoms with E-state index in [0.29, 0.717) is 0 Å². The highest BCUT2D eigenvalue weighted by atomic mass is 16.3. The van der Waals surface area contributed by atoms with E-state index in [-0.39, 0.29) is 17.4 Å². The van der Waals surface area contributed by atoms with Crippen LogP contribution < -0.4 is 0 Å². The number of fused-ring (bicyclic) bond motifs is 1. The summed E-state index contributed by atoms with van der Waals surface area (Å²) < 4.78 is 0. The van der Waals surface area contributed by atoms with Gasteiger partial charge in [0.05, 0.1) is 11.7 Å². The molecule has 0 spiro atoms. The van der Waals surface area contributed by atoms with Gasteiger partial charge in [0.25, 0.3) is 0 Å². The van der Waals surface area contributed by atoms with Crippen molar-refractivity contribution in [1.29, 1.82) is 0 Å². The molecular formula is C15H26O2. The Morgan fingerprint density at radius 2 is 2.00 bits per heavy atom. The van der Waals surface area contributed by atoms with Crippen LogP contribution in [0.5, 0.6) is 0 Å². The summed E-state index contributed by atoms with van der Waals surface area (Å²) in [4.78, 5) is 0. The van der Waals surface area contributed by atoms with Gasteiger partial charge in [-0.1, -0.05) is 18.1 Å². The van der Waals surface area contributed by atoms with Crippen molar-refractivity contribution in [3.63, 3.8) is 0 Å². The summed E-state index contributed by atoms with van der Waals surface area (Å²) in [6, 6.07) is 0. The van der Waals surface area contributed by atoms with Crippen molar-refractivity contribution < 1.29 is 10.2 Å². The van der Waals surface area contributed by atoms with Gasteiger partial charge in [0.1, 0.15) is 0 Å². The Labute approximate surface area is 105 Å². The van der Waals surface area contributed by atoms with Crippen LogP contribution in [0.3, 0.4) is 0 Å². The van der Waals surface area contributed by atoms with Crippen molar-refractivity contribution in [2.75, 3.05) is 0 Å². The van der Waals surface area contributed by atoms with Crippen LogP contribution in [0.2, 0.25) is 0 Å².